The molecule has 0 aromatic heterocycles. The lowest BCUT2D eigenvalue weighted by Crippen LogP contribution is -2.30. The first kappa shape index (κ1) is 39.3. The minimum Gasteiger partial charge on any atom is -0.508 e. The summed E-state index contributed by atoms with van der Waals surface area (Å²) in [5, 5.41) is 12.0. The second-order valence-corrected chi connectivity index (χ2v) is 10.5. The summed E-state index contributed by atoms with van der Waals surface area (Å²) in [6, 6.07) is 15.1. The van der Waals surface area contributed by atoms with Crippen LogP contribution < -0.4 is 16.8 Å². The molecule has 0 saturated carbocycles. The minimum atomic E-state index is -0.429. The number of rotatable bonds is 12. The van der Waals surface area contributed by atoms with Gasteiger partial charge in [0.05, 0.1) is 12.2 Å². The van der Waals surface area contributed by atoms with E-state index in [-0.39, 0.29) is 30.0 Å². The van der Waals surface area contributed by atoms with Crippen LogP contribution in [0.1, 0.15) is 45.1 Å². The molecule has 1 fully saturated rings. The van der Waals surface area contributed by atoms with Gasteiger partial charge in [0.25, 0.3) is 0 Å². The number of hydrogen-bond acceptors (Lipinski definition) is 6. The molecule has 1 unspecified atom stereocenters. The quantitative estimate of drug-likeness (QED) is 0.0932. The molecule has 46 heavy (non-hydrogen) atoms. The number of aromatic hydroxyl groups is 1. The summed E-state index contributed by atoms with van der Waals surface area (Å²) in [5.41, 5.74) is 14.1. The number of aryl methyl sites for hydroxylation is 1. The first-order valence-corrected chi connectivity index (χ1v) is 15.4. The molecule has 1 amide bonds. The monoisotopic (exact) mass is 631 g/mol. The number of aliphatic imine (C=N–C) groups is 1. The molecule has 248 valence electrons. The van der Waals surface area contributed by atoms with Crippen molar-refractivity contribution < 1.29 is 19.1 Å². The van der Waals surface area contributed by atoms with Crippen LogP contribution in [0.5, 0.6) is 5.75 Å². The number of carbonyl (C=O) groups is 2. The molecule has 9 heteroatoms. The molecule has 0 bridgehead atoms. The standard InChI is InChI=1S/C21H30FN3O.C15H15NO2.CH5N/c1-5-7-8-11-17(3)14-24-21(23-6-2)20(22)18(4)25-13-10-9-12-19(15-25)16-26;16-15(18)10-3-11-1-4-12(5-2-11)13-6-8-14(17)9-7-13;1-2/h5-8,11,16,19H,2-3,9-10,12-15H2,1,4H3,(H,23,24);1-2,4-9,17H,3,10H2,(H2,16,18);2H2,1H3/b7-5-,11-8-,20-18-;;. The second-order valence-electron chi connectivity index (χ2n) is 10.5. The van der Waals surface area contributed by atoms with E-state index in [9.17, 15) is 14.7 Å². The lowest BCUT2D eigenvalue weighted by Gasteiger charge is -2.26. The van der Waals surface area contributed by atoms with Gasteiger partial charge in [-0.3, -0.25) is 9.79 Å². The fourth-order valence-corrected chi connectivity index (χ4v) is 4.50. The van der Waals surface area contributed by atoms with E-state index in [0.29, 0.717) is 25.1 Å². The Morgan fingerprint density at radius 2 is 1.74 bits per heavy atom. The molecule has 1 heterocycles. The number of allylic oxidation sites excluding steroid dienone is 4. The van der Waals surface area contributed by atoms with Crippen molar-refractivity contribution in [3.05, 3.63) is 115 Å². The number of aldehydes is 1. The molecular weight excluding hydrogens is 581 g/mol. The van der Waals surface area contributed by atoms with Crippen LogP contribution in [0.4, 0.5) is 4.39 Å². The zero-order chi connectivity index (χ0) is 34.3. The van der Waals surface area contributed by atoms with Crippen molar-refractivity contribution in [2.24, 2.45) is 22.4 Å². The molecule has 0 aliphatic carbocycles. The molecule has 8 nitrogen and oxygen atoms in total. The Hall–Kier alpha value is -4.76. The first-order valence-electron chi connectivity index (χ1n) is 15.4. The molecule has 0 radical (unpaired) electrons. The van der Waals surface area contributed by atoms with Gasteiger partial charge in [-0.05, 0) is 80.8 Å². The summed E-state index contributed by atoms with van der Waals surface area (Å²) in [6.07, 6.45) is 13.7. The molecule has 2 aromatic carbocycles. The number of benzene rings is 2. The molecule has 1 aliphatic heterocycles. The number of nitrogens with one attached hydrogen (secondary N) is 1. The highest BCUT2D eigenvalue weighted by atomic mass is 19.1. The molecule has 2 aromatic rings. The third-order valence-electron chi connectivity index (χ3n) is 7.03. The van der Waals surface area contributed by atoms with Crippen molar-refractivity contribution in [3.63, 3.8) is 0 Å². The molecule has 6 N–H and O–H groups in total. The van der Waals surface area contributed by atoms with Crippen molar-refractivity contribution in [1.29, 1.82) is 0 Å². The Bertz CT molecular complexity index is 1360. The Kier molecular flexibility index (Phi) is 19.4. The van der Waals surface area contributed by atoms with Gasteiger partial charge in [0.2, 0.25) is 5.91 Å². The second kappa shape index (κ2) is 22.7. The minimum absolute atomic E-state index is 0.0514. The van der Waals surface area contributed by atoms with E-state index in [1.165, 1.54) is 13.2 Å². The van der Waals surface area contributed by atoms with Crippen molar-refractivity contribution in [2.75, 3.05) is 26.7 Å². The van der Waals surface area contributed by atoms with Gasteiger partial charge in [0, 0.05) is 25.4 Å². The van der Waals surface area contributed by atoms with E-state index in [1.807, 2.05) is 72.5 Å². The zero-order valence-corrected chi connectivity index (χ0v) is 27.4. The van der Waals surface area contributed by atoms with Gasteiger partial charge in [-0.25, -0.2) is 4.39 Å². The summed E-state index contributed by atoms with van der Waals surface area (Å²) in [7, 11) is 1.50. The van der Waals surface area contributed by atoms with E-state index in [4.69, 9.17) is 5.73 Å². The first-order chi connectivity index (χ1) is 22.2. The van der Waals surface area contributed by atoms with Crippen molar-refractivity contribution in [1.82, 2.24) is 10.2 Å². The fraction of sp³-hybridized carbons (Fsp3) is 0.324. The van der Waals surface area contributed by atoms with Crippen molar-refractivity contribution in [2.45, 2.75) is 46.0 Å². The van der Waals surface area contributed by atoms with Gasteiger partial charge in [-0.1, -0.05) is 80.3 Å². The molecule has 1 saturated heterocycles. The van der Waals surface area contributed by atoms with Gasteiger partial charge in [0.15, 0.2) is 11.7 Å². The molecule has 1 atom stereocenters. The third-order valence-corrected chi connectivity index (χ3v) is 7.03. The molecule has 3 rings (SSSR count). The lowest BCUT2D eigenvalue weighted by atomic mass is 10.0. The summed E-state index contributed by atoms with van der Waals surface area (Å²) in [4.78, 5) is 28.1. The Balaban J connectivity index is 0.000000460. The third kappa shape index (κ3) is 14.8. The highest BCUT2D eigenvalue weighted by Gasteiger charge is 2.21. The maximum absolute atomic E-state index is 15.0. The number of amides is 1. The number of nitrogens with zero attached hydrogens (tertiary/aromatic N) is 2. The average Bonchev–Trinajstić information content (AvgIpc) is 3.33. The van der Waals surface area contributed by atoms with Crippen LogP contribution in [-0.2, 0) is 16.0 Å². The van der Waals surface area contributed by atoms with Crippen LogP contribution in [0.15, 0.2) is 114 Å². The zero-order valence-electron chi connectivity index (χ0n) is 27.4. The normalized spacial score (nSPS) is 15.5. The van der Waals surface area contributed by atoms with Gasteiger partial charge in [0.1, 0.15) is 12.0 Å². The highest BCUT2D eigenvalue weighted by molar-refractivity contribution is 5.97. The Morgan fingerprint density at radius 3 is 2.30 bits per heavy atom. The van der Waals surface area contributed by atoms with Crippen LogP contribution in [0.3, 0.4) is 0 Å². The van der Waals surface area contributed by atoms with Crippen LogP contribution in [0.2, 0.25) is 0 Å². The maximum Gasteiger partial charge on any atom is 0.217 e. The lowest BCUT2D eigenvalue weighted by molar-refractivity contribution is -0.118. The summed E-state index contributed by atoms with van der Waals surface area (Å²) < 4.78 is 15.0. The number of halogens is 1. The van der Waals surface area contributed by atoms with Crippen molar-refractivity contribution >= 4 is 18.0 Å². The number of phenols is 1. The number of hydrogen-bond donors (Lipinski definition) is 4. The number of nitrogens with two attached hydrogens (primary N) is 2. The van der Waals surface area contributed by atoms with Gasteiger partial charge in [-0.15, -0.1) is 0 Å². The van der Waals surface area contributed by atoms with Crippen LogP contribution in [0, 0.1) is 5.92 Å². The summed E-state index contributed by atoms with van der Waals surface area (Å²) in [6.45, 7) is 12.7. The van der Waals surface area contributed by atoms with Gasteiger partial charge >= 0.3 is 0 Å². The van der Waals surface area contributed by atoms with E-state index in [2.05, 4.69) is 29.2 Å². The van der Waals surface area contributed by atoms with Gasteiger partial charge in [-0.2, -0.15) is 0 Å². The highest BCUT2D eigenvalue weighted by Crippen LogP contribution is 2.23. The van der Waals surface area contributed by atoms with E-state index >= 15 is 4.39 Å². The molecular formula is C37H50FN5O3. The summed E-state index contributed by atoms with van der Waals surface area (Å²) in [5.74, 6) is -0.370. The van der Waals surface area contributed by atoms with E-state index in [1.54, 1.807) is 19.1 Å². The molecule has 1 aliphatic rings. The largest absolute Gasteiger partial charge is 0.508 e. The SMILES string of the molecule is C=CNC(=NCC(=C)/C=C\C=C/C)/C(F)=C(\C)N1CCCCC(C=O)C1.CN.NC(=O)CCc1ccc(-c2ccc(O)cc2)cc1. The number of phenolic OH excluding ortho intramolecular Hbond substituents is 1. The van der Waals surface area contributed by atoms with Crippen LogP contribution in [-0.4, -0.2) is 54.7 Å². The van der Waals surface area contributed by atoms with Crippen molar-refractivity contribution in [3.8, 4) is 16.9 Å². The fourth-order valence-electron chi connectivity index (χ4n) is 4.50. The van der Waals surface area contributed by atoms with E-state index in [0.717, 1.165) is 54.4 Å². The average molecular weight is 632 g/mol. The Labute approximate surface area is 273 Å². The predicted molar refractivity (Wildman–Crippen MR) is 189 cm³/mol. The maximum atomic E-state index is 15.0. The predicted octanol–water partition coefficient (Wildman–Crippen LogP) is 6.36. The van der Waals surface area contributed by atoms with E-state index < -0.39 is 5.83 Å². The molecule has 0 spiro atoms. The number of carbonyl (C=O) groups excluding carboxylic acids is 2. The Morgan fingerprint density at radius 1 is 1.11 bits per heavy atom. The van der Waals surface area contributed by atoms with Crippen LogP contribution in [0.25, 0.3) is 11.1 Å². The number of primary amides is 1. The summed E-state index contributed by atoms with van der Waals surface area (Å²) >= 11 is 0. The topological polar surface area (TPSA) is 134 Å². The van der Waals surface area contributed by atoms with Crippen LogP contribution >= 0.6 is 0 Å². The number of amidine groups is 1. The van der Waals surface area contributed by atoms with Gasteiger partial charge < -0.3 is 31.6 Å². The smallest absolute Gasteiger partial charge is 0.217 e. The number of likely N-dealkylation sites (tertiary alicyclic amines) is 1.